The van der Waals surface area contributed by atoms with E-state index in [9.17, 15) is 8.42 Å². The first kappa shape index (κ1) is 16.4. The molecule has 0 fully saturated rings. The van der Waals surface area contributed by atoms with Crippen molar-refractivity contribution in [2.24, 2.45) is 0 Å². The molecule has 1 aliphatic rings. The highest BCUT2D eigenvalue weighted by molar-refractivity contribution is 7.85. The Hall–Kier alpha value is -3.03. The molecule has 0 amide bonds. The highest BCUT2D eigenvalue weighted by Crippen LogP contribution is 2.32. The molecule has 7 heteroatoms. The third-order valence-corrected chi connectivity index (χ3v) is 4.61. The van der Waals surface area contributed by atoms with E-state index in [4.69, 9.17) is 13.7 Å². The molecule has 0 saturated carbocycles. The monoisotopic (exact) mass is 369 g/mol. The Morgan fingerprint density at radius 1 is 0.769 bits per heavy atom. The first-order valence-corrected chi connectivity index (χ1v) is 9.31. The Kier molecular flexibility index (Phi) is 4.24. The molecule has 0 unspecified atom stereocenters. The lowest BCUT2D eigenvalue weighted by atomic mass is 10.2. The molecule has 0 radical (unpaired) electrons. The van der Waals surface area contributed by atoms with Crippen LogP contribution in [-0.4, -0.2) is 8.42 Å². The molecule has 0 bridgehead atoms. The van der Waals surface area contributed by atoms with E-state index >= 15 is 0 Å². The molecule has 1 aliphatic heterocycles. The number of ether oxygens (including phenoxy) is 2. The van der Waals surface area contributed by atoms with Crippen LogP contribution in [0, 0.1) is 0 Å². The fourth-order valence-electron chi connectivity index (χ4n) is 2.47. The predicted molar refractivity (Wildman–Crippen MR) is 95.9 cm³/mol. The Morgan fingerprint density at radius 2 is 1.35 bits per heavy atom. The summed E-state index contributed by atoms with van der Waals surface area (Å²) < 4.78 is 41.7. The second-order valence-corrected chi connectivity index (χ2v) is 6.98. The molecular weight excluding hydrogens is 354 g/mol. The van der Waals surface area contributed by atoms with Crippen molar-refractivity contribution in [3.05, 3.63) is 78.4 Å². The van der Waals surface area contributed by atoms with Crippen LogP contribution in [0.4, 0.5) is 0 Å². The van der Waals surface area contributed by atoms with Crippen molar-refractivity contribution >= 4 is 10.3 Å². The maximum absolute atomic E-state index is 11.5. The van der Waals surface area contributed by atoms with Crippen LogP contribution in [0.15, 0.2) is 72.8 Å². The van der Waals surface area contributed by atoms with Gasteiger partial charge in [0.05, 0.1) is 0 Å². The summed E-state index contributed by atoms with van der Waals surface area (Å²) in [6.07, 6.45) is 0. The number of benzene rings is 3. The fourth-order valence-corrected chi connectivity index (χ4v) is 3.25. The highest BCUT2D eigenvalue weighted by atomic mass is 32.2. The molecule has 0 spiro atoms. The van der Waals surface area contributed by atoms with E-state index in [1.807, 2.05) is 30.3 Å². The highest BCUT2D eigenvalue weighted by Gasteiger charge is 2.22. The molecule has 1 heterocycles. The summed E-state index contributed by atoms with van der Waals surface area (Å²) in [6, 6.07) is 21.7. The van der Waals surface area contributed by atoms with Crippen molar-refractivity contribution in [2.45, 2.75) is 6.54 Å². The lowest BCUT2D eigenvalue weighted by Crippen LogP contribution is -2.32. The van der Waals surface area contributed by atoms with Crippen molar-refractivity contribution in [2.75, 3.05) is 0 Å². The third-order valence-electron chi connectivity index (χ3n) is 3.72. The van der Waals surface area contributed by atoms with Gasteiger partial charge in [0.25, 0.3) is 0 Å². The van der Waals surface area contributed by atoms with Crippen LogP contribution in [0.1, 0.15) is 5.56 Å². The van der Waals surface area contributed by atoms with Crippen LogP contribution in [0.2, 0.25) is 0 Å². The molecular formula is C19H15NO5S. The van der Waals surface area contributed by atoms with Gasteiger partial charge in [-0.05, 0) is 42.5 Å². The minimum Gasteiger partial charge on any atom is -0.457 e. The number of nitrogens with one attached hydrogen (secondary N) is 1. The second kappa shape index (κ2) is 6.70. The van der Waals surface area contributed by atoms with Crippen LogP contribution in [0.3, 0.4) is 0 Å². The summed E-state index contributed by atoms with van der Waals surface area (Å²) in [5.41, 5.74) is 0.749. The smallest absolute Gasteiger partial charge is 0.382 e. The molecule has 3 aromatic rings. The van der Waals surface area contributed by atoms with Crippen molar-refractivity contribution in [1.82, 2.24) is 4.72 Å². The maximum atomic E-state index is 11.5. The van der Waals surface area contributed by atoms with Crippen LogP contribution in [0.5, 0.6) is 28.7 Å². The topological polar surface area (TPSA) is 73.9 Å². The van der Waals surface area contributed by atoms with Crippen LogP contribution < -0.4 is 18.4 Å². The van der Waals surface area contributed by atoms with Gasteiger partial charge in [0.1, 0.15) is 23.0 Å². The summed E-state index contributed by atoms with van der Waals surface area (Å²) in [4.78, 5) is 0. The zero-order valence-electron chi connectivity index (χ0n) is 13.6. The number of hydrogen-bond acceptors (Lipinski definition) is 5. The van der Waals surface area contributed by atoms with E-state index in [1.54, 1.807) is 42.5 Å². The van der Waals surface area contributed by atoms with Gasteiger partial charge in [0.2, 0.25) is 0 Å². The van der Waals surface area contributed by atoms with E-state index in [-0.39, 0.29) is 12.3 Å². The number of hydrogen-bond donors (Lipinski definition) is 1. The summed E-state index contributed by atoms with van der Waals surface area (Å²) in [5.74, 6) is 2.79. The van der Waals surface area contributed by atoms with E-state index in [0.717, 1.165) is 11.3 Å². The predicted octanol–water partition coefficient (Wildman–Crippen LogP) is 4.00. The first-order valence-electron chi connectivity index (χ1n) is 7.90. The lowest BCUT2D eigenvalue weighted by molar-refractivity contribution is 0.444. The average Bonchev–Trinajstić information content (AvgIpc) is 2.63. The largest absolute Gasteiger partial charge is 0.457 e. The van der Waals surface area contributed by atoms with Crippen molar-refractivity contribution in [3.8, 4) is 28.7 Å². The molecule has 4 rings (SSSR count). The van der Waals surface area contributed by atoms with Gasteiger partial charge >= 0.3 is 10.3 Å². The molecule has 0 atom stereocenters. The van der Waals surface area contributed by atoms with Gasteiger partial charge in [-0.25, -0.2) is 0 Å². The zero-order valence-corrected chi connectivity index (χ0v) is 14.4. The number of para-hydroxylation sites is 1. The van der Waals surface area contributed by atoms with Crippen molar-refractivity contribution < 1.29 is 22.1 Å². The lowest BCUT2D eigenvalue weighted by Gasteiger charge is -2.18. The molecule has 0 saturated heterocycles. The van der Waals surface area contributed by atoms with Gasteiger partial charge in [-0.15, -0.1) is 0 Å². The van der Waals surface area contributed by atoms with E-state index in [2.05, 4.69) is 4.72 Å². The van der Waals surface area contributed by atoms with Crippen LogP contribution in [-0.2, 0) is 16.8 Å². The quantitative estimate of drug-likeness (QED) is 0.752. The zero-order chi connectivity index (χ0) is 18.0. The van der Waals surface area contributed by atoms with Crippen LogP contribution in [0.25, 0.3) is 0 Å². The normalized spacial score (nSPS) is 14.8. The minimum absolute atomic E-state index is 0.198. The SMILES string of the molecule is O=S1(=O)NCc2ccc(Oc3ccc(Oc4ccccc4)cc3)cc2O1. The first-order chi connectivity index (χ1) is 12.6. The number of fused-ring (bicyclic) bond motifs is 1. The van der Waals surface area contributed by atoms with Gasteiger partial charge in [0, 0.05) is 18.2 Å². The molecule has 0 aliphatic carbocycles. The second-order valence-electron chi connectivity index (χ2n) is 5.62. The van der Waals surface area contributed by atoms with Gasteiger partial charge in [-0.1, -0.05) is 24.3 Å². The molecule has 6 nitrogen and oxygen atoms in total. The average molecular weight is 369 g/mol. The van der Waals surface area contributed by atoms with E-state index in [0.29, 0.717) is 17.2 Å². The maximum Gasteiger partial charge on any atom is 0.382 e. The van der Waals surface area contributed by atoms with Gasteiger partial charge in [-0.3, -0.25) is 0 Å². The fraction of sp³-hybridized carbons (Fsp3) is 0.0526. The van der Waals surface area contributed by atoms with Gasteiger partial charge in [-0.2, -0.15) is 13.1 Å². The van der Waals surface area contributed by atoms with Crippen molar-refractivity contribution in [1.29, 1.82) is 0 Å². The summed E-state index contributed by atoms with van der Waals surface area (Å²) >= 11 is 0. The molecule has 1 N–H and O–H groups in total. The van der Waals surface area contributed by atoms with Gasteiger partial charge in [0.15, 0.2) is 5.75 Å². The molecule has 3 aromatic carbocycles. The van der Waals surface area contributed by atoms with E-state index in [1.165, 1.54) is 0 Å². The van der Waals surface area contributed by atoms with Crippen molar-refractivity contribution in [3.63, 3.8) is 0 Å². The molecule has 132 valence electrons. The Morgan fingerprint density at radius 3 is 2.04 bits per heavy atom. The Balaban J connectivity index is 1.48. The Labute approximate surface area is 151 Å². The summed E-state index contributed by atoms with van der Waals surface area (Å²) in [5, 5.41) is 0. The molecule has 26 heavy (non-hydrogen) atoms. The molecule has 0 aromatic heterocycles. The summed E-state index contributed by atoms with van der Waals surface area (Å²) in [6.45, 7) is 0.198. The summed E-state index contributed by atoms with van der Waals surface area (Å²) in [7, 11) is -3.74. The van der Waals surface area contributed by atoms with Gasteiger partial charge < -0.3 is 13.7 Å². The minimum atomic E-state index is -3.74. The third kappa shape index (κ3) is 3.79. The standard InChI is InChI=1S/C19H15NO5S/c21-26(22)20-13-14-6-7-18(12-19(14)25-26)24-17-10-8-16(9-11-17)23-15-4-2-1-3-5-15/h1-12,20H,13H2. The van der Waals surface area contributed by atoms with E-state index < -0.39 is 10.3 Å². The Bertz CT molecular complexity index is 1020. The van der Waals surface area contributed by atoms with Crippen LogP contribution >= 0.6 is 0 Å². The number of rotatable bonds is 4.